The lowest BCUT2D eigenvalue weighted by molar-refractivity contribution is 0.394. The van der Waals surface area contributed by atoms with Crippen LogP contribution >= 0.6 is 0 Å². The van der Waals surface area contributed by atoms with Crippen LogP contribution < -0.4 is 15.2 Å². The molecular formula is C16H17NO2. The molecule has 0 aliphatic carbocycles. The fourth-order valence-electron chi connectivity index (χ4n) is 1.73. The summed E-state index contributed by atoms with van der Waals surface area (Å²) in [5.74, 6) is 1.55. The molecule has 0 fully saturated rings. The van der Waals surface area contributed by atoms with Gasteiger partial charge in [-0.25, -0.2) is 0 Å². The summed E-state index contributed by atoms with van der Waals surface area (Å²) in [4.78, 5) is 0. The first-order valence-corrected chi connectivity index (χ1v) is 5.98. The second kappa shape index (κ2) is 5.96. The van der Waals surface area contributed by atoms with Gasteiger partial charge in [-0.15, -0.1) is 0 Å². The molecule has 3 heteroatoms. The van der Waals surface area contributed by atoms with Crippen LogP contribution in [0.4, 0.5) is 5.69 Å². The van der Waals surface area contributed by atoms with Crippen molar-refractivity contribution in [1.29, 1.82) is 0 Å². The Balaban J connectivity index is 2.24. The Morgan fingerprint density at radius 2 is 1.32 bits per heavy atom. The van der Waals surface area contributed by atoms with Crippen LogP contribution in [-0.4, -0.2) is 14.2 Å². The number of rotatable bonds is 4. The minimum absolute atomic E-state index is 0.764. The summed E-state index contributed by atoms with van der Waals surface area (Å²) < 4.78 is 10.5. The number of nitrogens with two attached hydrogens (primary N) is 1. The molecule has 0 amide bonds. The predicted molar refractivity (Wildman–Crippen MR) is 79.3 cm³/mol. The molecule has 0 radical (unpaired) electrons. The number of hydrogen-bond donors (Lipinski definition) is 1. The summed E-state index contributed by atoms with van der Waals surface area (Å²) in [5, 5.41) is 0. The van der Waals surface area contributed by atoms with Gasteiger partial charge in [0.1, 0.15) is 11.5 Å². The van der Waals surface area contributed by atoms with Gasteiger partial charge in [-0.05, 0) is 35.4 Å². The molecule has 0 saturated heterocycles. The molecule has 3 nitrogen and oxygen atoms in total. The highest BCUT2D eigenvalue weighted by atomic mass is 16.5. The highest BCUT2D eigenvalue weighted by Crippen LogP contribution is 2.23. The first-order chi connectivity index (χ1) is 9.21. The molecule has 2 aromatic carbocycles. The smallest absolute Gasteiger partial charge is 0.123 e. The maximum Gasteiger partial charge on any atom is 0.123 e. The fourth-order valence-corrected chi connectivity index (χ4v) is 1.73. The van der Waals surface area contributed by atoms with Crippen LogP contribution in [0.3, 0.4) is 0 Å². The van der Waals surface area contributed by atoms with Gasteiger partial charge in [-0.2, -0.15) is 0 Å². The molecule has 2 aromatic rings. The van der Waals surface area contributed by atoms with E-state index in [-0.39, 0.29) is 0 Å². The molecular weight excluding hydrogens is 238 g/mol. The second-order valence-electron chi connectivity index (χ2n) is 4.15. The van der Waals surface area contributed by atoms with E-state index >= 15 is 0 Å². The Labute approximate surface area is 113 Å². The highest BCUT2D eigenvalue weighted by Gasteiger charge is 1.99. The van der Waals surface area contributed by atoms with Gasteiger partial charge in [0.25, 0.3) is 0 Å². The van der Waals surface area contributed by atoms with E-state index in [1.54, 1.807) is 14.2 Å². The molecule has 0 aliphatic heterocycles. The Morgan fingerprint density at radius 3 is 1.84 bits per heavy atom. The predicted octanol–water partition coefficient (Wildman–Crippen LogP) is 3.46. The maximum atomic E-state index is 5.65. The second-order valence-corrected chi connectivity index (χ2v) is 4.15. The molecule has 0 aromatic heterocycles. The van der Waals surface area contributed by atoms with Gasteiger partial charge in [-0.3, -0.25) is 0 Å². The van der Waals surface area contributed by atoms with E-state index in [1.807, 2.05) is 54.6 Å². The first-order valence-electron chi connectivity index (χ1n) is 5.98. The quantitative estimate of drug-likeness (QED) is 0.672. The Morgan fingerprint density at radius 1 is 0.789 bits per heavy atom. The largest absolute Gasteiger partial charge is 0.497 e. The number of anilines is 1. The highest BCUT2D eigenvalue weighted by molar-refractivity contribution is 5.71. The van der Waals surface area contributed by atoms with E-state index in [2.05, 4.69) is 0 Å². The zero-order valence-electron chi connectivity index (χ0n) is 11.1. The third kappa shape index (κ3) is 3.52. The summed E-state index contributed by atoms with van der Waals surface area (Å²) in [6.45, 7) is 0. The van der Waals surface area contributed by atoms with Gasteiger partial charge in [0, 0.05) is 11.8 Å². The molecule has 0 spiro atoms. The molecule has 0 unspecified atom stereocenters. The SMILES string of the molecule is COc1cc(/C=C\c2ccc(N)cc2)cc(OC)c1. The zero-order chi connectivity index (χ0) is 13.7. The van der Waals surface area contributed by atoms with E-state index in [9.17, 15) is 0 Å². The number of benzene rings is 2. The number of ether oxygens (including phenoxy) is 2. The van der Waals surface area contributed by atoms with E-state index in [0.717, 1.165) is 28.3 Å². The average molecular weight is 255 g/mol. The zero-order valence-corrected chi connectivity index (χ0v) is 11.1. The number of nitrogen functional groups attached to an aromatic ring is 1. The van der Waals surface area contributed by atoms with Crippen LogP contribution in [0.1, 0.15) is 11.1 Å². The lowest BCUT2D eigenvalue weighted by atomic mass is 10.1. The summed E-state index contributed by atoms with van der Waals surface area (Å²) in [7, 11) is 3.28. The first kappa shape index (κ1) is 13.0. The van der Waals surface area contributed by atoms with Gasteiger partial charge < -0.3 is 15.2 Å². The lowest BCUT2D eigenvalue weighted by Crippen LogP contribution is -1.88. The van der Waals surface area contributed by atoms with Gasteiger partial charge in [0.2, 0.25) is 0 Å². The van der Waals surface area contributed by atoms with Crippen molar-refractivity contribution in [2.24, 2.45) is 0 Å². The molecule has 0 saturated carbocycles. The fraction of sp³-hybridized carbons (Fsp3) is 0.125. The number of methoxy groups -OCH3 is 2. The summed E-state index contributed by atoms with van der Waals surface area (Å²) in [6.07, 6.45) is 4.03. The third-order valence-corrected chi connectivity index (χ3v) is 2.78. The van der Waals surface area contributed by atoms with Crippen molar-refractivity contribution in [1.82, 2.24) is 0 Å². The van der Waals surface area contributed by atoms with E-state index in [4.69, 9.17) is 15.2 Å². The standard InChI is InChI=1S/C16H17NO2/c1-18-15-9-13(10-16(11-15)19-2)4-3-12-5-7-14(17)8-6-12/h3-11H,17H2,1-2H3/b4-3-. The van der Waals surface area contributed by atoms with Gasteiger partial charge >= 0.3 is 0 Å². The minimum atomic E-state index is 0.764. The van der Waals surface area contributed by atoms with Crippen molar-refractivity contribution in [3.8, 4) is 11.5 Å². The minimum Gasteiger partial charge on any atom is -0.497 e. The summed E-state index contributed by atoms with van der Waals surface area (Å²) in [6, 6.07) is 13.5. The van der Waals surface area contributed by atoms with Crippen molar-refractivity contribution in [3.05, 3.63) is 53.6 Å². The van der Waals surface area contributed by atoms with E-state index < -0.39 is 0 Å². The number of hydrogen-bond acceptors (Lipinski definition) is 3. The normalized spacial score (nSPS) is 10.6. The Kier molecular flexibility index (Phi) is 4.08. The Hall–Kier alpha value is -2.42. The molecule has 2 N–H and O–H groups in total. The van der Waals surface area contributed by atoms with Crippen LogP contribution in [0.25, 0.3) is 12.2 Å². The molecule has 0 aliphatic rings. The molecule has 98 valence electrons. The van der Waals surface area contributed by atoms with Crippen molar-refractivity contribution in [2.45, 2.75) is 0 Å². The van der Waals surface area contributed by atoms with Crippen LogP contribution in [0.15, 0.2) is 42.5 Å². The summed E-state index contributed by atoms with van der Waals surface area (Å²) >= 11 is 0. The topological polar surface area (TPSA) is 44.5 Å². The Bertz CT molecular complexity index is 552. The van der Waals surface area contributed by atoms with E-state index in [1.165, 1.54) is 0 Å². The van der Waals surface area contributed by atoms with Crippen LogP contribution in [-0.2, 0) is 0 Å². The molecule has 19 heavy (non-hydrogen) atoms. The monoisotopic (exact) mass is 255 g/mol. The van der Waals surface area contributed by atoms with Crippen molar-refractivity contribution < 1.29 is 9.47 Å². The lowest BCUT2D eigenvalue weighted by Gasteiger charge is -2.05. The maximum absolute atomic E-state index is 5.65. The van der Waals surface area contributed by atoms with Crippen LogP contribution in [0, 0.1) is 0 Å². The third-order valence-electron chi connectivity index (χ3n) is 2.78. The van der Waals surface area contributed by atoms with Gasteiger partial charge in [0.05, 0.1) is 14.2 Å². The van der Waals surface area contributed by atoms with Crippen LogP contribution in [0.2, 0.25) is 0 Å². The molecule has 0 bridgehead atoms. The van der Waals surface area contributed by atoms with Crippen molar-refractivity contribution >= 4 is 17.8 Å². The average Bonchev–Trinajstić information content (AvgIpc) is 2.46. The summed E-state index contributed by atoms with van der Waals surface area (Å²) in [5.41, 5.74) is 8.53. The van der Waals surface area contributed by atoms with Crippen LogP contribution in [0.5, 0.6) is 11.5 Å². The molecule has 0 atom stereocenters. The van der Waals surface area contributed by atoms with Gasteiger partial charge in [0.15, 0.2) is 0 Å². The molecule has 0 heterocycles. The van der Waals surface area contributed by atoms with E-state index in [0.29, 0.717) is 0 Å². The van der Waals surface area contributed by atoms with Gasteiger partial charge in [-0.1, -0.05) is 24.3 Å². The van der Waals surface area contributed by atoms with Crippen molar-refractivity contribution in [2.75, 3.05) is 20.0 Å². The van der Waals surface area contributed by atoms with Crippen molar-refractivity contribution in [3.63, 3.8) is 0 Å². The molecule has 2 rings (SSSR count).